The zero-order chi connectivity index (χ0) is 17.5. The quantitative estimate of drug-likeness (QED) is 0.748. The smallest absolute Gasteiger partial charge is 0.258 e. The Morgan fingerprint density at radius 3 is 2.50 bits per heavy atom. The van der Waals surface area contributed by atoms with Crippen LogP contribution in [0.3, 0.4) is 0 Å². The molecule has 1 unspecified atom stereocenters. The topological polar surface area (TPSA) is 59.6 Å². The number of amides is 1. The average molecular weight is 359 g/mol. The molecule has 0 aliphatic carbocycles. The summed E-state index contributed by atoms with van der Waals surface area (Å²) in [5, 5.41) is 6.32. The van der Waals surface area contributed by atoms with Gasteiger partial charge in [-0.05, 0) is 40.2 Å². The van der Waals surface area contributed by atoms with Gasteiger partial charge in [0.1, 0.15) is 0 Å². The molecule has 0 fully saturated rings. The molecule has 138 valence electrons. The Morgan fingerprint density at radius 1 is 1.29 bits per heavy atom. The van der Waals surface area contributed by atoms with Gasteiger partial charge in [0.25, 0.3) is 5.91 Å². The maximum Gasteiger partial charge on any atom is 0.258 e. The minimum Gasteiger partial charge on any atom is -0.493 e. The zero-order valence-electron chi connectivity index (χ0n) is 15.6. The van der Waals surface area contributed by atoms with Crippen LogP contribution in [0, 0.1) is 0 Å². The van der Waals surface area contributed by atoms with Gasteiger partial charge in [0.2, 0.25) is 0 Å². The fourth-order valence-electron chi connectivity index (χ4n) is 2.05. The van der Waals surface area contributed by atoms with E-state index in [4.69, 9.17) is 9.47 Å². The van der Waals surface area contributed by atoms with Crippen molar-refractivity contribution >= 4 is 18.3 Å². The number of hydrogen-bond donors (Lipinski definition) is 2. The number of para-hydroxylation sites is 1. The molecule has 1 rings (SSSR count). The van der Waals surface area contributed by atoms with Gasteiger partial charge >= 0.3 is 0 Å². The van der Waals surface area contributed by atoms with E-state index >= 15 is 0 Å². The number of nitrogens with one attached hydrogen (secondary N) is 2. The van der Waals surface area contributed by atoms with E-state index in [-0.39, 0.29) is 30.5 Å². The molecule has 24 heavy (non-hydrogen) atoms. The summed E-state index contributed by atoms with van der Waals surface area (Å²) in [5.74, 6) is 1.11. The van der Waals surface area contributed by atoms with Gasteiger partial charge < -0.3 is 20.1 Å². The van der Waals surface area contributed by atoms with Crippen LogP contribution in [0.5, 0.6) is 11.5 Å². The summed E-state index contributed by atoms with van der Waals surface area (Å²) in [7, 11) is 1.60. The van der Waals surface area contributed by atoms with Gasteiger partial charge in [-0.2, -0.15) is 0 Å². The van der Waals surface area contributed by atoms with E-state index in [1.807, 2.05) is 39.0 Å². The number of methoxy groups -OCH3 is 1. The predicted molar refractivity (Wildman–Crippen MR) is 100 cm³/mol. The molecule has 1 aromatic rings. The van der Waals surface area contributed by atoms with Crippen LogP contribution < -0.4 is 20.1 Å². The van der Waals surface area contributed by atoms with Gasteiger partial charge in [-0.15, -0.1) is 12.4 Å². The van der Waals surface area contributed by atoms with E-state index in [1.54, 1.807) is 7.11 Å². The highest BCUT2D eigenvalue weighted by atomic mass is 35.5. The second-order valence-corrected chi connectivity index (χ2v) is 6.73. The molecule has 0 aliphatic rings. The van der Waals surface area contributed by atoms with Crippen molar-refractivity contribution in [1.82, 2.24) is 10.6 Å². The maximum absolute atomic E-state index is 12.0. The third-order valence-electron chi connectivity index (χ3n) is 3.40. The first-order valence-corrected chi connectivity index (χ1v) is 8.10. The molecule has 0 spiro atoms. The van der Waals surface area contributed by atoms with Gasteiger partial charge in [-0.1, -0.05) is 19.1 Å². The molecule has 0 bridgehead atoms. The van der Waals surface area contributed by atoms with E-state index in [9.17, 15) is 4.79 Å². The van der Waals surface area contributed by atoms with Gasteiger partial charge in [0.15, 0.2) is 18.1 Å². The second kappa shape index (κ2) is 10.4. The molecular formula is C18H31ClN2O3. The second-order valence-electron chi connectivity index (χ2n) is 6.73. The van der Waals surface area contributed by atoms with Crippen LogP contribution in [0.4, 0.5) is 0 Å². The Hall–Kier alpha value is -1.46. The largest absolute Gasteiger partial charge is 0.493 e. The highest BCUT2D eigenvalue weighted by molar-refractivity contribution is 5.85. The van der Waals surface area contributed by atoms with Crippen molar-refractivity contribution in [2.75, 3.05) is 13.7 Å². The van der Waals surface area contributed by atoms with Crippen LogP contribution in [0.15, 0.2) is 18.2 Å². The summed E-state index contributed by atoms with van der Waals surface area (Å²) < 4.78 is 11.1. The van der Waals surface area contributed by atoms with E-state index in [2.05, 4.69) is 24.5 Å². The molecule has 6 heteroatoms. The number of ether oxygens (including phenoxy) is 2. The predicted octanol–water partition coefficient (Wildman–Crippen LogP) is 3.30. The Kier molecular flexibility index (Phi) is 9.78. The lowest BCUT2D eigenvalue weighted by molar-refractivity contribution is -0.124. The van der Waals surface area contributed by atoms with Crippen molar-refractivity contribution < 1.29 is 14.3 Å². The Labute approximate surface area is 151 Å². The fourth-order valence-corrected chi connectivity index (χ4v) is 2.05. The van der Waals surface area contributed by atoms with E-state index < -0.39 is 0 Å². The van der Waals surface area contributed by atoms with Crippen LogP contribution in [-0.4, -0.2) is 31.2 Å². The molecule has 0 radical (unpaired) electrons. The third-order valence-corrected chi connectivity index (χ3v) is 3.40. The highest BCUT2D eigenvalue weighted by Gasteiger charge is 2.16. The van der Waals surface area contributed by atoms with Crippen molar-refractivity contribution in [3.63, 3.8) is 0 Å². The summed E-state index contributed by atoms with van der Waals surface area (Å²) in [4.78, 5) is 12.0. The molecule has 0 saturated heterocycles. The minimum atomic E-state index is -0.276. The molecule has 5 nitrogen and oxygen atoms in total. The normalized spacial score (nSPS) is 12.1. The van der Waals surface area contributed by atoms with Crippen LogP contribution in [0.1, 0.15) is 46.6 Å². The van der Waals surface area contributed by atoms with Gasteiger partial charge in [0, 0.05) is 23.7 Å². The van der Waals surface area contributed by atoms with Crippen molar-refractivity contribution in [3.05, 3.63) is 23.8 Å². The van der Waals surface area contributed by atoms with E-state index in [0.717, 1.165) is 12.0 Å². The molecule has 1 aromatic carbocycles. The summed E-state index contributed by atoms with van der Waals surface area (Å²) in [6.45, 7) is 10.7. The van der Waals surface area contributed by atoms with E-state index in [1.165, 1.54) is 0 Å². The van der Waals surface area contributed by atoms with Crippen LogP contribution in [-0.2, 0) is 11.3 Å². The first-order chi connectivity index (χ1) is 10.8. The fraction of sp³-hybridized carbons (Fsp3) is 0.611. The van der Waals surface area contributed by atoms with Gasteiger partial charge in [0.05, 0.1) is 7.11 Å². The number of carbonyl (C=O) groups excluding carboxylic acids is 1. The first-order valence-electron chi connectivity index (χ1n) is 8.10. The minimum absolute atomic E-state index is 0. The summed E-state index contributed by atoms with van der Waals surface area (Å²) in [6.07, 6.45) is 1.05. The van der Waals surface area contributed by atoms with Crippen LogP contribution in [0.25, 0.3) is 0 Å². The number of hydrogen-bond acceptors (Lipinski definition) is 4. The van der Waals surface area contributed by atoms with Crippen molar-refractivity contribution in [2.45, 2.75) is 59.2 Å². The monoisotopic (exact) mass is 358 g/mol. The lowest BCUT2D eigenvalue weighted by Gasteiger charge is -2.21. The van der Waals surface area contributed by atoms with Crippen molar-refractivity contribution in [2.24, 2.45) is 0 Å². The Bertz CT molecular complexity index is 515. The number of carbonyl (C=O) groups is 1. The first kappa shape index (κ1) is 22.5. The lowest BCUT2D eigenvalue weighted by Crippen LogP contribution is -2.43. The van der Waals surface area contributed by atoms with Crippen LogP contribution in [0.2, 0.25) is 0 Å². The summed E-state index contributed by atoms with van der Waals surface area (Å²) in [5.41, 5.74) is 0.704. The lowest BCUT2D eigenvalue weighted by atomic mass is 10.1. The molecule has 1 atom stereocenters. The van der Waals surface area contributed by atoms with Crippen molar-refractivity contribution in [1.29, 1.82) is 0 Å². The highest BCUT2D eigenvalue weighted by Crippen LogP contribution is 2.31. The molecule has 2 N–H and O–H groups in total. The third kappa shape index (κ3) is 7.88. The molecular weight excluding hydrogens is 328 g/mol. The molecule has 0 saturated carbocycles. The number of halogens is 1. The zero-order valence-corrected chi connectivity index (χ0v) is 16.4. The van der Waals surface area contributed by atoms with E-state index in [0.29, 0.717) is 24.1 Å². The SMILES string of the molecule is CCC(C)NCc1cccc(OC)c1OCC(=O)NC(C)(C)C.Cl. The molecule has 0 heterocycles. The van der Waals surface area contributed by atoms with Crippen molar-refractivity contribution in [3.8, 4) is 11.5 Å². The Balaban J connectivity index is 0.00000529. The average Bonchev–Trinajstić information content (AvgIpc) is 2.48. The molecule has 0 aliphatic heterocycles. The summed E-state index contributed by atoms with van der Waals surface area (Å²) in [6, 6.07) is 6.16. The Morgan fingerprint density at radius 2 is 1.96 bits per heavy atom. The number of rotatable bonds is 8. The van der Waals surface area contributed by atoms with Gasteiger partial charge in [-0.3, -0.25) is 4.79 Å². The molecule has 1 amide bonds. The summed E-state index contributed by atoms with van der Waals surface area (Å²) >= 11 is 0. The maximum atomic E-state index is 12.0. The number of benzene rings is 1. The standard InChI is InChI=1S/C18H30N2O3.ClH/c1-7-13(2)19-11-14-9-8-10-15(22-6)17(14)23-12-16(21)20-18(3,4)5;/h8-10,13,19H,7,11-12H2,1-6H3,(H,20,21);1H. The van der Waals surface area contributed by atoms with Gasteiger partial charge in [-0.25, -0.2) is 0 Å². The molecule has 0 aromatic heterocycles. The van der Waals surface area contributed by atoms with Crippen LogP contribution >= 0.6 is 12.4 Å².